The van der Waals surface area contributed by atoms with Crippen LogP contribution in [0.3, 0.4) is 0 Å². The highest BCUT2D eigenvalue weighted by molar-refractivity contribution is 5.85. The van der Waals surface area contributed by atoms with E-state index >= 15 is 0 Å². The molecule has 1 unspecified atom stereocenters. The molecule has 0 amide bonds. The van der Waals surface area contributed by atoms with Crippen LogP contribution in [-0.4, -0.2) is 47.3 Å². The van der Waals surface area contributed by atoms with Gasteiger partial charge in [0.25, 0.3) is 5.88 Å². The van der Waals surface area contributed by atoms with E-state index in [2.05, 4.69) is 25.4 Å². The van der Waals surface area contributed by atoms with Crippen molar-refractivity contribution < 1.29 is 19.0 Å². The molecule has 0 aliphatic carbocycles. The summed E-state index contributed by atoms with van der Waals surface area (Å²) in [6, 6.07) is 9.16. The van der Waals surface area contributed by atoms with Gasteiger partial charge in [-0.3, -0.25) is 9.89 Å². The van der Waals surface area contributed by atoms with E-state index in [0.717, 1.165) is 0 Å². The van der Waals surface area contributed by atoms with Crippen molar-refractivity contribution in [3.63, 3.8) is 0 Å². The van der Waals surface area contributed by atoms with Crippen molar-refractivity contribution in [3.05, 3.63) is 66.5 Å². The van der Waals surface area contributed by atoms with Gasteiger partial charge in [-0.15, -0.1) is 12.4 Å². The van der Waals surface area contributed by atoms with Gasteiger partial charge in [0.15, 0.2) is 5.82 Å². The van der Waals surface area contributed by atoms with E-state index in [1.807, 2.05) is 0 Å². The van der Waals surface area contributed by atoms with E-state index in [0.29, 0.717) is 34.8 Å². The van der Waals surface area contributed by atoms with Crippen LogP contribution in [0.15, 0.2) is 55.0 Å². The number of pyridine rings is 1. The molecule has 0 aliphatic heterocycles. The van der Waals surface area contributed by atoms with E-state index < -0.39 is 17.8 Å². The van der Waals surface area contributed by atoms with E-state index in [1.165, 1.54) is 23.3 Å². The van der Waals surface area contributed by atoms with Crippen molar-refractivity contribution in [2.24, 2.45) is 5.73 Å². The predicted molar refractivity (Wildman–Crippen MR) is 114 cm³/mol. The molecule has 0 saturated carbocycles. The van der Waals surface area contributed by atoms with Crippen LogP contribution >= 0.6 is 12.4 Å². The lowest BCUT2D eigenvalue weighted by Crippen LogP contribution is -2.26. The highest BCUT2D eigenvalue weighted by atomic mass is 35.5. The number of aliphatic carboxylic acids is 1. The van der Waals surface area contributed by atoms with Crippen molar-refractivity contribution in [1.82, 2.24) is 30.2 Å². The molecule has 4 rings (SSSR count). The maximum absolute atomic E-state index is 14.4. The number of rotatable bonds is 8. The van der Waals surface area contributed by atoms with Crippen LogP contribution in [0.2, 0.25) is 0 Å². The van der Waals surface area contributed by atoms with Gasteiger partial charge in [0.2, 0.25) is 0 Å². The number of nitrogens with one attached hydrogen (secondary N) is 1. The summed E-state index contributed by atoms with van der Waals surface area (Å²) in [6.45, 7) is 0. The van der Waals surface area contributed by atoms with Gasteiger partial charge >= 0.3 is 5.97 Å². The Morgan fingerprint density at radius 1 is 1.25 bits per heavy atom. The first-order valence-electron chi connectivity index (χ1n) is 9.30. The minimum absolute atomic E-state index is 0. The molecule has 0 saturated heterocycles. The van der Waals surface area contributed by atoms with Crippen LogP contribution in [0.1, 0.15) is 12.1 Å². The molecule has 0 aliphatic rings. The Morgan fingerprint density at radius 3 is 2.69 bits per heavy atom. The van der Waals surface area contributed by atoms with Crippen LogP contribution < -0.4 is 10.5 Å². The third-order valence-corrected chi connectivity index (χ3v) is 4.35. The Bertz CT molecular complexity index is 1180. The first-order chi connectivity index (χ1) is 15.0. The monoisotopic (exact) mass is 459 g/mol. The van der Waals surface area contributed by atoms with Crippen LogP contribution in [0, 0.1) is 5.82 Å². The molecule has 3 aromatic heterocycles. The van der Waals surface area contributed by atoms with Gasteiger partial charge in [0.1, 0.15) is 5.75 Å². The Balaban J connectivity index is 0.00000289. The summed E-state index contributed by atoms with van der Waals surface area (Å²) in [6.07, 6.45) is 4.75. The molecule has 166 valence electrons. The van der Waals surface area contributed by atoms with Gasteiger partial charge in [-0.05, 0) is 36.4 Å². The standard InChI is InChI=1S/C20H18FN7O3.ClH/c21-17-7-12(18-5-6-24-26-18)10-23-20(17)31-16-3-1-15(2-4-16)28-25-11-14(27-28)8-13(22)9-19(29)30;/h1-7,10-11,13H,8-9,22H2,(H,24,26)(H,29,30);1H. The highest BCUT2D eigenvalue weighted by Gasteiger charge is 2.13. The van der Waals surface area contributed by atoms with Gasteiger partial charge in [-0.2, -0.15) is 20.1 Å². The van der Waals surface area contributed by atoms with Crippen molar-refractivity contribution in [2.45, 2.75) is 18.9 Å². The minimum atomic E-state index is -0.961. The molecule has 1 atom stereocenters. The predicted octanol–water partition coefficient (Wildman–Crippen LogP) is 2.75. The van der Waals surface area contributed by atoms with Gasteiger partial charge in [0, 0.05) is 30.4 Å². The Kier molecular flexibility index (Phi) is 7.13. The molecule has 0 fully saturated rings. The van der Waals surface area contributed by atoms with Gasteiger partial charge < -0.3 is 15.6 Å². The molecule has 4 N–H and O–H groups in total. The first kappa shape index (κ1) is 22.8. The third kappa shape index (κ3) is 5.45. The zero-order chi connectivity index (χ0) is 21.8. The Labute approximate surface area is 187 Å². The average molecular weight is 460 g/mol. The Morgan fingerprint density at radius 2 is 2.03 bits per heavy atom. The number of aromatic nitrogens is 6. The summed E-state index contributed by atoms with van der Waals surface area (Å²) in [5.41, 5.74) is 8.22. The molecule has 0 bridgehead atoms. The molecular formula is C20H19ClFN7O3. The maximum Gasteiger partial charge on any atom is 0.304 e. The largest absolute Gasteiger partial charge is 0.481 e. The van der Waals surface area contributed by atoms with Crippen LogP contribution in [0.5, 0.6) is 11.6 Å². The third-order valence-electron chi connectivity index (χ3n) is 4.35. The summed E-state index contributed by atoms with van der Waals surface area (Å²) in [5.74, 6) is -1.33. The number of carbonyl (C=O) groups is 1. The highest BCUT2D eigenvalue weighted by Crippen LogP contribution is 2.26. The topological polar surface area (TPSA) is 145 Å². The second-order valence-electron chi connectivity index (χ2n) is 6.76. The second-order valence-corrected chi connectivity index (χ2v) is 6.76. The quantitative estimate of drug-likeness (QED) is 0.364. The summed E-state index contributed by atoms with van der Waals surface area (Å²) in [4.78, 5) is 16.1. The Hall–Kier alpha value is -3.83. The van der Waals surface area contributed by atoms with E-state index in [-0.39, 0.29) is 24.7 Å². The van der Waals surface area contributed by atoms with E-state index in [1.54, 1.807) is 36.5 Å². The zero-order valence-corrected chi connectivity index (χ0v) is 17.4. The lowest BCUT2D eigenvalue weighted by atomic mass is 10.1. The molecule has 4 aromatic rings. The summed E-state index contributed by atoms with van der Waals surface area (Å²) in [5, 5.41) is 23.8. The van der Waals surface area contributed by atoms with Gasteiger partial charge in [-0.1, -0.05) is 0 Å². The molecule has 32 heavy (non-hydrogen) atoms. The number of nitrogens with two attached hydrogens (primary N) is 1. The molecule has 0 radical (unpaired) electrons. The van der Waals surface area contributed by atoms with Crippen molar-refractivity contribution in [3.8, 4) is 28.6 Å². The molecule has 3 heterocycles. The number of benzene rings is 1. The fourth-order valence-electron chi connectivity index (χ4n) is 2.90. The summed E-state index contributed by atoms with van der Waals surface area (Å²) < 4.78 is 19.9. The first-order valence-corrected chi connectivity index (χ1v) is 9.30. The molecule has 1 aromatic carbocycles. The summed E-state index contributed by atoms with van der Waals surface area (Å²) in [7, 11) is 0. The average Bonchev–Trinajstić information content (AvgIpc) is 3.42. The fraction of sp³-hybridized carbons (Fsp3) is 0.150. The number of ether oxygens (including phenoxy) is 1. The van der Waals surface area contributed by atoms with Crippen molar-refractivity contribution in [1.29, 1.82) is 0 Å². The van der Waals surface area contributed by atoms with Crippen LogP contribution in [0.25, 0.3) is 16.9 Å². The number of hydrogen-bond donors (Lipinski definition) is 3. The molecule has 12 heteroatoms. The van der Waals surface area contributed by atoms with Crippen LogP contribution in [0.4, 0.5) is 4.39 Å². The van der Waals surface area contributed by atoms with Crippen LogP contribution in [-0.2, 0) is 11.2 Å². The van der Waals surface area contributed by atoms with E-state index in [9.17, 15) is 9.18 Å². The number of carboxylic acid groups (broad SMARTS) is 1. The fourth-order valence-corrected chi connectivity index (χ4v) is 2.90. The number of nitrogens with zero attached hydrogens (tertiary/aromatic N) is 5. The molecule has 0 spiro atoms. The molecule has 10 nitrogen and oxygen atoms in total. The number of hydrogen-bond acceptors (Lipinski definition) is 7. The zero-order valence-electron chi connectivity index (χ0n) is 16.6. The lowest BCUT2D eigenvalue weighted by molar-refractivity contribution is -0.137. The number of H-pyrrole nitrogens is 1. The summed E-state index contributed by atoms with van der Waals surface area (Å²) >= 11 is 0. The smallest absolute Gasteiger partial charge is 0.304 e. The minimum Gasteiger partial charge on any atom is -0.481 e. The van der Waals surface area contributed by atoms with E-state index in [4.69, 9.17) is 15.6 Å². The van der Waals surface area contributed by atoms with Crippen molar-refractivity contribution in [2.75, 3.05) is 0 Å². The number of carboxylic acids is 1. The SMILES string of the molecule is Cl.NC(CC(=O)O)Cc1cnn(-c2ccc(Oc3ncc(-c4ccn[nH]4)cc3F)cc2)n1. The van der Waals surface area contributed by atoms with Gasteiger partial charge in [-0.25, -0.2) is 9.37 Å². The van der Waals surface area contributed by atoms with Crippen molar-refractivity contribution >= 4 is 18.4 Å². The second kappa shape index (κ2) is 9.98. The number of aromatic amines is 1. The normalized spacial score (nSPS) is 11.6. The molecular weight excluding hydrogens is 441 g/mol. The van der Waals surface area contributed by atoms with Gasteiger partial charge in [0.05, 0.1) is 29.7 Å². The number of halogens is 2. The maximum atomic E-state index is 14.4. The lowest BCUT2D eigenvalue weighted by Gasteiger charge is -2.08.